The maximum Gasteiger partial charge on any atom is 0.178 e. The third-order valence-corrected chi connectivity index (χ3v) is 8.80. The Labute approximate surface area is 226 Å². The lowest BCUT2D eigenvalue weighted by Crippen LogP contribution is -2.10. The molecule has 0 saturated carbocycles. The molecule has 0 spiro atoms. The van der Waals surface area contributed by atoms with Crippen LogP contribution in [0.15, 0.2) is 84.0 Å². The van der Waals surface area contributed by atoms with E-state index in [4.69, 9.17) is 21.4 Å². The molecule has 38 heavy (non-hydrogen) atoms. The maximum absolute atomic E-state index is 12.6. The monoisotopic (exact) mass is 544 g/mol. The highest BCUT2D eigenvalue weighted by Crippen LogP contribution is 2.40. The van der Waals surface area contributed by atoms with E-state index in [1.165, 1.54) is 17.8 Å². The van der Waals surface area contributed by atoms with Crippen molar-refractivity contribution in [2.45, 2.75) is 30.7 Å². The van der Waals surface area contributed by atoms with E-state index in [2.05, 4.69) is 14.6 Å². The summed E-state index contributed by atoms with van der Waals surface area (Å²) in [5.41, 5.74) is 5.94. The number of fused-ring (bicyclic) bond motifs is 2. The molecule has 3 aromatic heterocycles. The minimum absolute atomic E-state index is 0.00627. The summed E-state index contributed by atoms with van der Waals surface area (Å²) >= 11 is 5.87. The smallest absolute Gasteiger partial charge is 0.178 e. The molecule has 0 amide bonds. The first-order valence-electron chi connectivity index (χ1n) is 12.5. The molecule has 4 heterocycles. The highest BCUT2D eigenvalue weighted by molar-refractivity contribution is 7.91. The van der Waals surface area contributed by atoms with Crippen LogP contribution < -0.4 is 4.74 Å². The molecule has 0 fully saturated rings. The van der Waals surface area contributed by atoms with Crippen LogP contribution in [0.3, 0.4) is 0 Å². The lowest BCUT2D eigenvalue weighted by molar-refractivity contribution is 0.318. The number of hydrogen-bond acceptors (Lipinski definition) is 6. The van der Waals surface area contributed by atoms with Crippen LogP contribution in [-0.4, -0.2) is 40.5 Å². The second-order valence-electron chi connectivity index (χ2n) is 9.22. The van der Waals surface area contributed by atoms with E-state index in [0.717, 1.165) is 52.8 Å². The number of nitrogens with zero attached hydrogens (tertiary/aromatic N) is 4. The van der Waals surface area contributed by atoms with Crippen molar-refractivity contribution in [3.63, 3.8) is 0 Å². The Morgan fingerprint density at radius 3 is 2.66 bits per heavy atom. The molecule has 9 heteroatoms. The average Bonchev–Trinajstić information content (AvgIpc) is 3.53. The Morgan fingerprint density at radius 1 is 0.974 bits per heavy atom. The molecule has 192 valence electrons. The van der Waals surface area contributed by atoms with E-state index in [1.54, 1.807) is 24.5 Å². The minimum Gasteiger partial charge on any atom is -0.493 e. The third-order valence-electron chi connectivity index (χ3n) is 6.73. The molecule has 0 aliphatic carbocycles. The second-order valence-corrected chi connectivity index (χ2v) is 11.8. The molecule has 1 aliphatic rings. The van der Waals surface area contributed by atoms with Gasteiger partial charge in [0, 0.05) is 46.7 Å². The van der Waals surface area contributed by atoms with E-state index in [-0.39, 0.29) is 17.3 Å². The van der Waals surface area contributed by atoms with Crippen LogP contribution in [-0.2, 0) is 22.8 Å². The van der Waals surface area contributed by atoms with E-state index >= 15 is 0 Å². The van der Waals surface area contributed by atoms with Gasteiger partial charge < -0.3 is 4.74 Å². The van der Waals surface area contributed by atoms with Gasteiger partial charge in [0.05, 0.1) is 28.5 Å². The fourth-order valence-electron chi connectivity index (χ4n) is 4.93. The zero-order valence-electron chi connectivity index (χ0n) is 20.5. The number of ether oxygens (including phenoxy) is 1. The fourth-order valence-corrected chi connectivity index (χ4v) is 6.34. The Morgan fingerprint density at radius 2 is 1.84 bits per heavy atom. The molecular weight excluding hydrogens is 520 g/mol. The number of hydrogen-bond donors (Lipinski definition) is 0. The van der Waals surface area contributed by atoms with E-state index < -0.39 is 9.84 Å². The number of halogens is 1. The van der Waals surface area contributed by atoms with Gasteiger partial charge in [-0.05, 0) is 79.4 Å². The molecule has 2 aromatic carbocycles. The quantitative estimate of drug-likeness (QED) is 0.223. The van der Waals surface area contributed by atoms with Crippen LogP contribution in [0, 0.1) is 0 Å². The van der Waals surface area contributed by atoms with Crippen LogP contribution in [0.1, 0.15) is 18.5 Å². The molecule has 0 unspecified atom stereocenters. The topological polar surface area (TPSA) is 87.0 Å². The Bertz CT molecular complexity index is 1720. The summed E-state index contributed by atoms with van der Waals surface area (Å²) in [6, 6.07) is 20.0. The summed E-state index contributed by atoms with van der Waals surface area (Å²) < 4.78 is 33.1. The van der Waals surface area contributed by atoms with Crippen molar-refractivity contribution in [1.82, 2.24) is 19.7 Å². The zero-order valence-corrected chi connectivity index (χ0v) is 22.1. The van der Waals surface area contributed by atoms with E-state index in [9.17, 15) is 8.42 Å². The summed E-state index contributed by atoms with van der Waals surface area (Å²) in [4.78, 5) is 9.42. The van der Waals surface area contributed by atoms with Crippen LogP contribution in [0.5, 0.6) is 5.75 Å². The summed E-state index contributed by atoms with van der Waals surface area (Å²) in [5, 5.41) is 6.42. The summed E-state index contributed by atoms with van der Waals surface area (Å²) in [6.07, 6.45) is 6.01. The number of benzene rings is 2. The predicted molar refractivity (Wildman–Crippen MR) is 148 cm³/mol. The molecule has 6 rings (SSSR count). The van der Waals surface area contributed by atoms with Gasteiger partial charge in [0.15, 0.2) is 9.84 Å². The average molecular weight is 545 g/mol. The number of sulfone groups is 1. The zero-order chi connectivity index (χ0) is 26.1. The summed E-state index contributed by atoms with van der Waals surface area (Å²) in [7, 11) is -3.39. The molecule has 0 radical (unpaired) electrons. The molecule has 0 saturated heterocycles. The fraction of sp³-hybridized carbons (Fsp3) is 0.207. The van der Waals surface area contributed by atoms with Crippen molar-refractivity contribution in [2.24, 2.45) is 0 Å². The molecule has 5 aromatic rings. The number of rotatable bonds is 8. The lowest BCUT2D eigenvalue weighted by atomic mass is 9.96. The first-order valence-corrected chi connectivity index (χ1v) is 14.5. The molecule has 7 nitrogen and oxygen atoms in total. The van der Waals surface area contributed by atoms with Crippen molar-refractivity contribution in [3.8, 4) is 28.3 Å². The Hall–Kier alpha value is -3.75. The van der Waals surface area contributed by atoms with Gasteiger partial charge in [0.1, 0.15) is 11.4 Å². The van der Waals surface area contributed by atoms with E-state index in [1.807, 2.05) is 42.5 Å². The number of aryl methyl sites for hydroxylation is 1. The molecule has 1 aliphatic heterocycles. The third kappa shape index (κ3) is 4.77. The molecular formula is C29H25ClN4O3S. The van der Waals surface area contributed by atoms with Crippen molar-refractivity contribution in [1.29, 1.82) is 0 Å². The number of aromatic nitrogens is 4. The van der Waals surface area contributed by atoms with Gasteiger partial charge >= 0.3 is 0 Å². The highest BCUT2D eigenvalue weighted by atomic mass is 35.5. The summed E-state index contributed by atoms with van der Waals surface area (Å²) in [5.74, 6) is 0.643. The lowest BCUT2D eigenvalue weighted by Gasteiger charge is -2.11. The largest absolute Gasteiger partial charge is 0.493 e. The van der Waals surface area contributed by atoms with Crippen molar-refractivity contribution >= 4 is 32.3 Å². The Balaban J connectivity index is 1.23. The number of pyridine rings is 2. The predicted octanol–water partition coefficient (Wildman–Crippen LogP) is 6.00. The van der Waals surface area contributed by atoms with Crippen molar-refractivity contribution in [2.75, 3.05) is 12.4 Å². The first kappa shape index (κ1) is 24.6. The Kier molecular flexibility index (Phi) is 6.59. The van der Waals surface area contributed by atoms with Gasteiger partial charge in [-0.25, -0.2) is 8.42 Å². The van der Waals surface area contributed by atoms with Gasteiger partial charge in [-0.3, -0.25) is 14.6 Å². The maximum atomic E-state index is 12.6. The van der Waals surface area contributed by atoms with Crippen LogP contribution in [0.2, 0.25) is 5.02 Å². The van der Waals surface area contributed by atoms with Crippen LogP contribution in [0.4, 0.5) is 0 Å². The van der Waals surface area contributed by atoms with Gasteiger partial charge in [-0.1, -0.05) is 17.7 Å². The van der Waals surface area contributed by atoms with Gasteiger partial charge in [0.2, 0.25) is 0 Å². The van der Waals surface area contributed by atoms with E-state index in [0.29, 0.717) is 17.2 Å². The van der Waals surface area contributed by atoms with Gasteiger partial charge in [0.25, 0.3) is 0 Å². The van der Waals surface area contributed by atoms with Crippen LogP contribution in [0.25, 0.3) is 33.4 Å². The second kappa shape index (κ2) is 10.2. The first-order chi connectivity index (χ1) is 18.5. The summed E-state index contributed by atoms with van der Waals surface area (Å²) in [6.45, 7) is 1.18. The molecule has 0 N–H and O–H groups in total. The minimum atomic E-state index is -3.39. The van der Waals surface area contributed by atoms with Gasteiger partial charge in [-0.2, -0.15) is 5.10 Å². The SMILES string of the molecule is O=S(=O)(CCCOc1ccc2c(-c3c(-c4ccccn4)nn4c3CCC4)ccnc2c1)c1ccc(Cl)cc1. The highest BCUT2D eigenvalue weighted by Gasteiger charge is 2.25. The van der Waals surface area contributed by atoms with Crippen LogP contribution >= 0.6 is 11.6 Å². The standard InChI is InChI=1S/C29H25ClN4O3S/c30-20-7-10-22(11-8-20)38(35,36)18-4-17-37-21-9-12-23-24(13-15-32-26(23)19-21)28-27-6-3-16-34(27)33-29(28)25-5-1-2-14-31-25/h1-2,5,7-15,19H,3-4,6,16-18H2. The van der Waals surface area contributed by atoms with Crippen molar-refractivity contribution in [3.05, 3.63) is 89.8 Å². The molecule has 0 bridgehead atoms. The van der Waals surface area contributed by atoms with Gasteiger partial charge in [-0.15, -0.1) is 0 Å². The van der Waals surface area contributed by atoms with Crippen molar-refractivity contribution < 1.29 is 13.2 Å². The molecule has 0 atom stereocenters. The normalized spacial score (nSPS) is 13.1.